The fourth-order valence-corrected chi connectivity index (χ4v) is 2.21. The third kappa shape index (κ3) is 2.78. The molecule has 1 aromatic heterocycles. The molecule has 0 aliphatic heterocycles. The predicted molar refractivity (Wildman–Crippen MR) is 74.3 cm³/mol. The zero-order valence-electron chi connectivity index (χ0n) is 8.99. The van der Waals surface area contributed by atoms with Crippen molar-refractivity contribution < 1.29 is 9.21 Å². The molecule has 0 unspecified atom stereocenters. The van der Waals surface area contributed by atoms with Gasteiger partial charge in [-0.15, -0.1) is 0 Å². The SMILES string of the molecule is O=C(Cl)c1ccc(Cl)c(C=Cc2ccoc2)c1Cl. The minimum atomic E-state index is -0.616. The van der Waals surface area contributed by atoms with Crippen molar-refractivity contribution in [2.75, 3.05) is 0 Å². The Kier molecular flexibility index (Phi) is 4.12. The van der Waals surface area contributed by atoms with Gasteiger partial charge in [0.25, 0.3) is 5.24 Å². The summed E-state index contributed by atoms with van der Waals surface area (Å²) in [4.78, 5) is 11.2. The topological polar surface area (TPSA) is 30.2 Å². The van der Waals surface area contributed by atoms with Gasteiger partial charge in [0, 0.05) is 16.1 Å². The lowest BCUT2D eigenvalue weighted by Crippen LogP contribution is -1.92. The molecule has 5 heteroatoms. The maximum atomic E-state index is 11.2. The quantitative estimate of drug-likeness (QED) is 0.735. The lowest BCUT2D eigenvalue weighted by Gasteiger charge is -2.05. The summed E-state index contributed by atoms with van der Waals surface area (Å²) in [5.74, 6) is 0. The molecule has 0 amide bonds. The molecule has 2 aromatic rings. The normalized spacial score (nSPS) is 11.1. The lowest BCUT2D eigenvalue weighted by molar-refractivity contribution is 0.108. The van der Waals surface area contributed by atoms with Crippen molar-refractivity contribution in [1.29, 1.82) is 0 Å². The summed E-state index contributed by atoms with van der Waals surface area (Å²) < 4.78 is 4.93. The number of halogens is 3. The molecule has 0 saturated carbocycles. The fourth-order valence-electron chi connectivity index (χ4n) is 1.42. The van der Waals surface area contributed by atoms with Crippen LogP contribution in [0.4, 0.5) is 0 Å². The van der Waals surface area contributed by atoms with Gasteiger partial charge < -0.3 is 4.42 Å². The van der Waals surface area contributed by atoms with Crippen molar-refractivity contribution in [2.24, 2.45) is 0 Å². The molecule has 0 aliphatic rings. The van der Waals surface area contributed by atoms with E-state index >= 15 is 0 Å². The van der Waals surface area contributed by atoms with Crippen molar-refractivity contribution in [1.82, 2.24) is 0 Å². The summed E-state index contributed by atoms with van der Waals surface area (Å²) in [5, 5.41) is 0.0679. The molecule has 0 N–H and O–H groups in total. The van der Waals surface area contributed by atoms with E-state index in [1.807, 2.05) is 0 Å². The molecule has 0 fully saturated rings. The van der Waals surface area contributed by atoms with E-state index in [2.05, 4.69) is 0 Å². The first-order chi connectivity index (χ1) is 8.59. The average Bonchev–Trinajstić information content (AvgIpc) is 2.81. The molecule has 2 nitrogen and oxygen atoms in total. The number of hydrogen-bond acceptors (Lipinski definition) is 2. The maximum absolute atomic E-state index is 11.2. The van der Waals surface area contributed by atoms with Gasteiger partial charge in [-0.1, -0.05) is 35.4 Å². The van der Waals surface area contributed by atoms with Crippen molar-refractivity contribution in [3.8, 4) is 0 Å². The highest BCUT2D eigenvalue weighted by atomic mass is 35.5. The maximum Gasteiger partial charge on any atom is 0.253 e. The van der Waals surface area contributed by atoms with Gasteiger partial charge in [0.15, 0.2) is 0 Å². The number of hydrogen-bond donors (Lipinski definition) is 0. The molecular weight excluding hydrogens is 294 g/mol. The van der Waals surface area contributed by atoms with E-state index in [9.17, 15) is 4.79 Å². The van der Waals surface area contributed by atoms with Crippen LogP contribution in [0.15, 0.2) is 35.1 Å². The van der Waals surface area contributed by atoms with E-state index in [1.54, 1.807) is 36.8 Å². The fraction of sp³-hybridized carbons (Fsp3) is 0. The highest BCUT2D eigenvalue weighted by molar-refractivity contribution is 6.69. The third-order valence-electron chi connectivity index (χ3n) is 2.32. The Balaban J connectivity index is 2.44. The van der Waals surface area contributed by atoms with Gasteiger partial charge in [0.05, 0.1) is 23.1 Å². The molecule has 0 spiro atoms. The standard InChI is InChI=1S/C13H7Cl3O2/c14-11-4-3-10(13(16)17)12(15)9(11)2-1-8-5-6-18-7-8/h1-7H. The Morgan fingerprint density at radius 2 is 1.94 bits per heavy atom. The van der Waals surface area contributed by atoms with E-state index in [-0.39, 0.29) is 10.6 Å². The van der Waals surface area contributed by atoms with Crippen LogP contribution in [-0.4, -0.2) is 5.24 Å². The molecule has 18 heavy (non-hydrogen) atoms. The number of benzene rings is 1. The van der Waals surface area contributed by atoms with E-state index in [4.69, 9.17) is 39.2 Å². The van der Waals surface area contributed by atoms with Gasteiger partial charge in [0.1, 0.15) is 0 Å². The van der Waals surface area contributed by atoms with Crippen molar-refractivity contribution in [3.05, 3.63) is 57.5 Å². The second-order valence-corrected chi connectivity index (χ2v) is 4.61. The molecule has 2 rings (SSSR count). The Labute approximate surface area is 119 Å². The Morgan fingerprint density at radius 3 is 2.56 bits per heavy atom. The number of furan rings is 1. The van der Waals surface area contributed by atoms with E-state index in [0.29, 0.717) is 10.6 Å². The van der Waals surface area contributed by atoms with Gasteiger partial charge >= 0.3 is 0 Å². The summed E-state index contributed by atoms with van der Waals surface area (Å²) >= 11 is 17.5. The number of rotatable bonds is 3. The molecular formula is C13H7Cl3O2. The summed E-state index contributed by atoms with van der Waals surface area (Å²) in [6.07, 6.45) is 6.62. The second kappa shape index (κ2) is 5.61. The van der Waals surface area contributed by atoms with Crippen LogP contribution < -0.4 is 0 Å². The van der Waals surface area contributed by atoms with Crippen LogP contribution in [0.3, 0.4) is 0 Å². The van der Waals surface area contributed by atoms with Crippen LogP contribution >= 0.6 is 34.8 Å². The molecule has 1 aromatic carbocycles. The van der Waals surface area contributed by atoms with Gasteiger partial charge in [-0.3, -0.25) is 4.79 Å². The summed E-state index contributed by atoms with van der Waals surface area (Å²) in [5.41, 5.74) is 1.64. The smallest absolute Gasteiger partial charge is 0.253 e. The average molecular weight is 302 g/mol. The van der Waals surface area contributed by atoms with Crippen LogP contribution in [0.25, 0.3) is 12.2 Å². The van der Waals surface area contributed by atoms with Crippen LogP contribution in [0.1, 0.15) is 21.5 Å². The minimum Gasteiger partial charge on any atom is -0.472 e. The Bertz CT molecular complexity index is 601. The lowest BCUT2D eigenvalue weighted by atomic mass is 10.1. The van der Waals surface area contributed by atoms with Crippen LogP contribution in [0, 0.1) is 0 Å². The van der Waals surface area contributed by atoms with Crippen LogP contribution in [0.5, 0.6) is 0 Å². The monoisotopic (exact) mass is 300 g/mol. The largest absolute Gasteiger partial charge is 0.472 e. The van der Waals surface area contributed by atoms with Crippen molar-refractivity contribution in [2.45, 2.75) is 0 Å². The Morgan fingerprint density at radius 1 is 1.17 bits per heavy atom. The van der Waals surface area contributed by atoms with E-state index < -0.39 is 5.24 Å². The van der Waals surface area contributed by atoms with Crippen molar-refractivity contribution in [3.63, 3.8) is 0 Å². The molecule has 0 aliphatic carbocycles. The van der Waals surface area contributed by atoms with E-state index in [0.717, 1.165) is 5.56 Å². The minimum absolute atomic E-state index is 0.231. The second-order valence-electron chi connectivity index (χ2n) is 3.49. The highest BCUT2D eigenvalue weighted by Crippen LogP contribution is 2.30. The first kappa shape index (κ1) is 13.2. The van der Waals surface area contributed by atoms with Crippen LogP contribution in [-0.2, 0) is 0 Å². The summed E-state index contributed by atoms with van der Waals surface area (Å²) in [6, 6.07) is 4.86. The van der Waals surface area contributed by atoms with Gasteiger partial charge in [-0.2, -0.15) is 0 Å². The molecule has 92 valence electrons. The van der Waals surface area contributed by atoms with Gasteiger partial charge in [-0.05, 0) is 29.8 Å². The Hall–Kier alpha value is -1.22. The highest BCUT2D eigenvalue weighted by Gasteiger charge is 2.12. The zero-order chi connectivity index (χ0) is 13.1. The molecule has 0 atom stereocenters. The van der Waals surface area contributed by atoms with Gasteiger partial charge in [0.2, 0.25) is 0 Å². The first-order valence-electron chi connectivity index (χ1n) is 4.97. The molecule has 0 saturated heterocycles. The predicted octanol–water partition coefficient (Wildman–Crippen LogP) is 5.14. The number of carbonyl (C=O) groups excluding carboxylic acids is 1. The van der Waals surface area contributed by atoms with E-state index in [1.165, 1.54) is 6.07 Å². The molecule has 0 radical (unpaired) electrons. The third-order valence-corrected chi connectivity index (χ3v) is 3.26. The molecule has 0 bridgehead atoms. The number of carbonyl (C=O) groups is 1. The zero-order valence-corrected chi connectivity index (χ0v) is 11.3. The molecule has 1 heterocycles. The van der Waals surface area contributed by atoms with Gasteiger partial charge in [-0.25, -0.2) is 0 Å². The summed E-state index contributed by atoms with van der Waals surface area (Å²) in [6.45, 7) is 0. The first-order valence-corrected chi connectivity index (χ1v) is 6.11. The van der Waals surface area contributed by atoms with Crippen LogP contribution in [0.2, 0.25) is 10.0 Å². The van der Waals surface area contributed by atoms with Crippen molar-refractivity contribution >= 4 is 52.2 Å². The summed E-state index contributed by atoms with van der Waals surface area (Å²) in [7, 11) is 0.